The van der Waals surface area contributed by atoms with Crippen molar-refractivity contribution in [2.24, 2.45) is 5.10 Å². The van der Waals surface area contributed by atoms with E-state index in [0.717, 1.165) is 22.6 Å². The molecule has 0 radical (unpaired) electrons. The third kappa shape index (κ3) is 6.04. The molecule has 0 aliphatic carbocycles. The van der Waals surface area contributed by atoms with Gasteiger partial charge in [-0.15, -0.1) is 0 Å². The summed E-state index contributed by atoms with van der Waals surface area (Å²) in [5.74, 6) is -0.132. The SMILES string of the molecule is CCN(C)C(=O)C1=NN(c2ccc(C)nc2)C(c2ccc(OCC(=O)OCc3ccccc3)cn2)C1. The summed E-state index contributed by atoms with van der Waals surface area (Å²) in [6.07, 6.45) is 3.71. The summed E-state index contributed by atoms with van der Waals surface area (Å²) in [5.41, 5.74) is 3.76. The molecule has 1 aliphatic rings. The Labute approximate surface area is 210 Å². The van der Waals surface area contributed by atoms with Crippen LogP contribution in [0.25, 0.3) is 0 Å². The molecule has 0 fully saturated rings. The van der Waals surface area contributed by atoms with Crippen molar-refractivity contribution in [3.05, 3.63) is 83.9 Å². The first-order valence-corrected chi connectivity index (χ1v) is 11.8. The van der Waals surface area contributed by atoms with Gasteiger partial charge in [-0.05, 0) is 43.7 Å². The van der Waals surface area contributed by atoms with Crippen LogP contribution in [0.15, 0.2) is 72.1 Å². The summed E-state index contributed by atoms with van der Waals surface area (Å²) in [4.78, 5) is 35.4. The smallest absolute Gasteiger partial charge is 0.344 e. The van der Waals surface area contributed by atoms with E-state index in [1.54, 1.807) is 35.4 Å². The molecule has 3 aromatic rings. The molecule has 9 heteroatoms. The highest BCUT2D eigenvalue weighted by atomic mass is 16.6. The molecule has 0 N–H and O–H groups in total. The maximum absolute atomic E-state index is 12.8. The highest BCUT2D eigenvalue weighted by Gasteiger charge is 2.34. The number of rotatable bonds is 9. The van der Waals surface area contributed by atoms with Gasteiger partial charge in [0.05, 0.1) is 23.8 Å². The number of ether oxygens (including phenoxy) is 2. The van der Waals surface area contributed by atoms with Crippen molar-refractivity contribution in [3.63, 3.8) is 0 Å². The Morgan fingerprint density at radius 3 is 2.53 bits per heavy atom. The monoisotopic (exact) mass is 487 g/mol. The number of anilines is 1. The zero-order chi connectivity index (χ0) is 25.5. The molecule has 2 aromatic heterocycles. The average molecular weight is 488 g/mol. The quantitative estimate of drug-likeness (QED) is 0.425. The molecule has 0 spiro atoms. The molecular weight excluding hydrogens is 458 g/mol. The maximum atomic E-state index is 12.8. The van der Waals surface area contributed by atoms with Gasteiger partial charge < -0.3 is 14.4 Å². The lowest BCUT2D eigenvalue weighted by Gasteiger charge is -2.23. The molecule has 0 saturated carbocycles. The number of amides is 1. The third-order valence-corrected chi connectivity index (χ3v) is 5.84. The summed E-state index contributed by atoms with van der Waals surface area (Å²) in [5, 5.41) is 6.41. The Hall–Kier alpha value is -4.27. The first-order valence-electron chi connectivity index (χ1n) is 11.8. The van der Waals surface area contributed by atoms with E-state index >= 15 is 0 Å². The predicted octanol–water partition coefficient (Wildman–Crippen LogP) is 3.69. The fourth-order valence-corrected chi connectivity index (χ4v) is 3.66. The van der Waals surface area contributed by atoms with Crippen molar-refractivity contribution in [3.8, 4) is 5.75 Å². The van der Waals surface area contributed by atoms with E-state index in [0.29, 0.717) is 24.4 Å². The second kappa shape index (κ2) is 11.4. The van der Waals surface area contributed by atoms with Gasteiger partial charge in [0.2, 0.25) is 0 Å². The van der Waals surface area contributed by atoms with Crippen LogP contribution in [0.5, 0.6) is 5.75 Å². The fraction of sp³-hybridized carbons (Fsp3) is 0.296. The van der Waals surface area contributed by atoms with Crippen molar-refractivity contribution in [2.75, 3.05) is 25.2 Å². The van der Waals surface area contributed by atoms with Gasteiger partial charge in [-0.3, -0.25) is 19.8 Å². The van der Waals surface area contributed by atoms with Crippen LogP contribution in [0.3, 0.4) is 0 Å². The van der Waals surface area contributed by atoms with Crippen LogP contribution in [0.2, 0.25) is 0 Å². The minimum Gasteiger partial charge on any atom is -0.480 e. The molecule has 3 heterocycles. The third-order valence-electron chi connectivity index (χ3n) is 5.84. The van der Waals surface area contributed by atoms with Crippen LogP contribution in [0.4, 0.5) is 5.69 Å². The van der Waals surface area contributed by atoms with Crippen molar-refractivity contribution in [2.45, 2.75) is 32.9 Å². The van der Waals surface area contributed by atoms with Gasteiger partial charge >= 0.3 is 5.97 Å². The first kappa shape index (κ1) is 24.8. The number of aryl methyl sites for hydroxylation is 1. The molecule has 0 saturated heterocycles. The van der Waals surface area contributed by atoms with Gasteiger partial charge in [0.1, 0.15) is 24.1 Å². The van der Waals surface area contributed by atoms with Crippen LogP contribution in [0.1, 0.15) is 36.3 Å². The maximum Gasteiger partial charge on any atom is 0.344 e. The summed E-state index contributed by atoms with van der Waals surface area (Å²) in [6, 6.07) is 16.6. The lowest BCUT2D eigenvalue weighted by atomic mass is 10.1. The van der Waals surface area contributed by atoms with E-state index in [4.69, 9.17) is 9.47 Å². The van der Waals surface area contributed by atoms with Gasteiger partial charge in [0.15, 0.2) is 6.61 Å². The van der Waals surface area contributed by atoms with Crippen LogP contribution in [-0.2, 0) is 20.9 Å². The summed E-state index contributed by atoms with van der Waals surface area (Å²) in [6.45, 7) is 4.40. The Morgan fingerprint density at radius 2 is 1.86 bits per heavy atom. The molecule has 1 unspecified atom stereocenters. The standard InChI is InChI=1S/C27H29N5O4/c1-4-31(3)27(34)24-14-25(32(30-24)21-11-10-19(2)28-15-21)23-13-12-22(16-29-23)35-18-26(33)36-17-20-8-6-5-7-9-20/h5-13,15-16,25H,4,14,17-18H2,1-3H3. The van der Waals surface area contributed by atoms with E-state index in [-0.39, 0.29) is 25.2 Å². The van der Waals surface area contributed by atoms with Crippen molar-refractivity contribution in [1.82, 2.24) is 14.9 Å². The fourth-order valence-electron chi connectivity index (χ4n) is 3.66. The number of carbonyl (C=O) groups is 2. The van der Waals surface area contributed by atoms with Crippen LogP contribution < -0.4 is 9.75 Å². The van der Waals surface area contributed by atoms with Gasteiger partial charge in [0.25, 0.3) is 5.91 Å². The number of benzene rings is 1. The summed E-state index contributed by atoms with van der Waals surface area (Å²) >= 11 is 0. The minimum atomic E-state index is -0.464. The number of pyridine rings is 2. The van der Waals surface area contributed by atoms with E-state index in [1.165, 1.54) is 0 Å². The number of hydrogen-bond donors (Lipinski definition) is 0. The first-order chi connectivity index (χ1) is 17.4. The average Bonchev–Trinajstić information content (AvgIpc) is 3.36. The van der Waals surface area contributed by atoms with Gasteiger partial charge in [-0.1, -0.05) is 30.3 Å². The number of carbonyl (C=O) groups excluding carboxylic acids is 2. The van der Waals surface area contributed by atoms with E-state index < -0.39 is 5.97 Å². The molecular formula is C27H29N5O4. The molecule has 0 bridgehead atoms. The van der Waals surface area contributed by atoms with Gasteiger partial charge in [-0.2, -0.15) is 5.10 Å². The van der Waals surface area contributed by atoms with E-state index in [2.05, 4.69) is 15.1 Å². The lowest BCUT2D eigenvalue weighted by Crippen LogP contribution is -2.32. The predicted molar refractivity (Wildman–Crippen MR) is 136 cm³/mol. The lowest BCUT2D eigenvalue weighted by molar-refractivity contribution is -0.147. The second-order valence-electron chi connectivity index (χ2n) is 8.44. The van der Waals surface area contributed by atoms with Crippen LogP contribution in [0, 0.1) is 6.92 Å². The largest absolute Gasteiger partial charge is 0.480 e. The molecule has 186 valence electrons. The number of hydrazone groups is 1. The van der Waals surface area contributed by atoms with E-state index in [1.807, 2.05) is 62.4 Å². The van der Waals surface area contributed by atoms with E-state index in [9.17, 15) is 9.59 Å². The molecule has 36 heavy (non-hydrogen) atoms. The van der Waals surface area contributed by atoms with Crippen LogP contribution in [-0.4, -0.2) is 52.7 Å². The Morgan fingerprint density at radius 1 is 1.06 bits per heavy atom. The summed E-state index contributed by atoms with van der Waals surface area (Å²) < 4.78 is 10.8. The van der Waals surface area contributed by atoms with Gasteiger partial charge in [-0.25, -0.2) is 4.79 Å². The number of hydrogen-bond acceptors (Lipinski definition) is 8. The van der Waals surface area contributed by atoms with Crippen LogP contribution >= 0.6 is 0 Å². The minimum absolute atomic E-state index is 0.112. The summed E-state index contributed by atoms with van der Waals surface area (Å²) in [7, 11) is 1.76. The molecule has 1 aliphatic heterocycles. The molecule has 1 atom stereocenters. The van der Waals surface area contributed by atoms with Gasteiger partial charge in [0, 0.05) is 25.7 Å². The molecule has 1 aromatic carbocycles. The van der Waals surface area contributed by atoms with Crippen molar-refractivity contribution >= 4 is 23.3 Å². The second-order valence-corrected chi connectivity index (χ2v) is 8.44. The Balaban J connectivity index is 1.42. The molecule has 9 nitrogen and oxygen atoms in total. The zero-order valence-corrected chi connectivity index (χ0v) is 20.6. The molecule has 4 rings (SSSR count). The molecule has 1 amide bonds. The van der Waals surface area contributed by atoms with Crippen molar-refractivity contribution in [1.29, 1.82) is 0 Å². The Bertz CT molecular complexity index is 1210. The normalized spacial score (nSPS) is 14.8. The topological polar surface area (TPSA) is 97.2 Å². The Kier molecular flexibility index (Phi) is 7.89. The number of aromatic nitrogens is 2. The zero-order valence-electron chi connectivity index (χ0n) is 20.6. The highest BCUT2D eigenvalue weighted by molar-refractivity contribution is 6.39. The number of nitrogens with zero attached hydrogens (tertiary/aromatic N) is 5. The number of esters is 1. The van der Waals surface area contributed by atoms with Crippen molar-refractivity contribution < 1.29 is 19.1 Å². The highest BCUT2D eigenvalue weighted by Crippen LogP contribution is 2.35.